The third-order valence-electron chi connectivity index (χ3n) is 2.92. The number of aliphatic hydroxyl groups excluding tert-OH is 3. The molecule has 7 heteroatoms. The summed E-state index contributed by atoms with van der Waals surface area (Å²) in [5.41, 5.74) is 5.41. The van der Waals surface area contributed by atoms with Gasteiger partial charge in [0.2, 0.25) is 0 Å². The Morgan fingerprint density at radius 2 is 2.17 bits per heavy atom. The monoisotopic (exact) mass is 255 g/mol. The summed E-state index contributed by atoms with van der Waals surface area (Å²) in [5.74, 6) is -0.601. The minimum atomic E-state index is -1.18. The number of nitrogens with two attached hydrogens (primary N) is 1. The molecule has 0 aromatic carbocycles. The van der Waals surface area contributed by atoms with Crippen molar-refractivity contribution in [3.63, 3.8) is 0 Å². The van der Waals surface area contributed by atoms with Crippen LogP contribution in [-0.2, 0) is 4.74 Å². The van der Waals surface area contributed by atoms with E-state index in [4.69, 9.17) is 15.6 Å². The van der Waals surface area contributed by atoms with Crippen LogP contribution in [0, 0.1) is 0 Å². The zero-order valence-electron chi connectivity index (χ0n) is 9.51. The predicted molar refractivity (Wildman–Crippen MR) is 58.2 cm³/mol. The summed E-state index contributed by atoms with van der Waals surface area (Å²) in [6.07, 6.45) is -1.08. The maximum absolute atomic E-state index is 11.1. The Hall–Kier alpha value is -1.54. The van der Waals surface area contributed by atoms with E-state index in [0.717, 1.165) is 0 Å². The van der Waals surface area contributed by atoms with Crippen molar-refractivity contribution < 1.29 is 29.4 Å². The molecule has 1 aromatic rings. The molecular formula is C11H15N2O5+. The topological polar surface area (TPSA) is 117 Å². The highest BCUT2D eigenvalue weighted by Crippen LogP contribution is 2.24. The zero-order chi connectivity index (χ0) is 13.3. The number of aliphatic hydroxyl groups is 3. The molecule has 2 rings (SSSR count). The lowest BCUT2D eigenvalue weighted by atomic mass is 10.1. The van der Waals surface area contributed by atoms with E-state index in [9.17, 15) is 15.0 Å². The maximum Gasteiger partial charge on any atom is 0.292 e. The highest BCUT2D eigenvalue weighted by Gasteiger charge is 2.47. The second-order valence-electron chi connectivity index (χ2n) is 4.13. The Kier molecular flexibility index (Phi) is 3.58. The highest BCUT2D eigenvalue weighted by molar-refractivity contribution is 5.92. The van der Waals surface area contributed by atoms with Crippen molar-refractivity contribution in [3.05, 3.63) is 30.1 Å². The van der Waals surface area contributed by atoms with Crippen molar-refractivity contribution in [2.24, 2.45) is 5.73 Å². The Bertz CT molecular complexity index is 453. The summed E-state index contributed by atoms with van der Waals surface area (Å²) in [6, 6.07) is 3.11. The van der Waals surface area contributed by atoms with Crippen molar-refractivity contribution in [3.8, 4) is 0 Å². The second-order valence-corrected chi connectivity index (χ2v) is 4.13. The SMILES string of the molecule is NC(=O)c1ccc[n+](C2O[C@H](CO)C(O)C2O)c1. The van der Waals surface area contributed by atoms with Crippen molar-refractivity contribution in [1.29, 1.82) is 0 Å². The smallest absolute Gasteiger partial charge is 0.292 e. The van der Waals surface area contributed by atoms with Crippen LogP contribution in [0.2, 0.25) is 0 Å². The number of hydrogen-bond donors (Lipinski definition) is 4. The van der Waals surface area contributed by atoms with Crippen LogP contribution in [0.25, 0.3) is 0 Å². The molecule has 0 saturated carbocycles. The molecule has 0 bridgehead atoms. The van der Waals surface area contributed by atoms with Gasteiger partial charge in [-0.05, 0) is 6.07 Å². The minimum absolute atomic E-state index is 0.259. The van der Waals surface area contributed by atoms with Gasteiger partial charge in [-0.2, -0.15) is 4.57 Å². The molecule has 1 aliphatic heterocycles. The van der Waals surface area contributed by atoms with Crippen molar-refractivity contribution >= 4 is 5.91 Å². The average molecular weight is 255 g/mol. The van der Waals surface area contributed by atoms with Crippen LogP contribution in [-0.4, -0.2) is 46.1 Å². The fourth-order valence-corrected chi connectivity index (χ4v) is 1.92. The third-order valence-corrected chi connectivity index (χ3v) is 2.92. The molecule has 2 heterocycles. The van der Waals surface area contributed by atoms with Crippen LogP contribution < -0.4 is 10.3 Å². The first kappa shape index (κ1) is 12.9. The second kappa shape index (κ2) is 4.99. The van der Waals surface area contributed by atoms with Crippen LogP contribution in [0.15, 0.2) is 24.5 Å². The largest absolute Gasteiger partial charge is 0.394 e. The van der Waals surface area contributed by atoms with E-state index in [1.807, 2.05) is 0 Å². The van der Waals surface area contributed by atoms with E-state index in [1.54, 1.807) is 12.3 Å². The van der Waals surface area contributed by atoms with Gasteiger partial charge in [0.1, 0.15) is 17.8 Å². The zero-order valence-corrected chi connectivity index (χ0v) is 9.51. The highest BCUT2D eigenvalue weighted by atomic mass is 16.6. The third kappa shape index (κ3) is 2.21. The van der Waals surface area contributed by atoms with Crippen LogP contribution in [0.5, 0.6) is 0 Å². The first-order valence-corrected chi connectivity index (χ1v) is 5.47. The van der Waals surface area contributed by atoms with Crippen molar-refractivity contribution in [2.75, 3.05) is 6.61 Å². The van der Waals surface area contributed by atoms with Crippen LogP contribution in [0.1, 0.15) is 16.6 Å². The molecule has 1 aromatic heterocycles. The average Bonchev–Trinajstić information content (AvgIpc) is 2.66. The summed E-state index contributed by atoms with van der Waals surface area (Å²) in [5, 5.41) is 28.4. The lowest BCUT2D eigenvalue weighted by Gasteiger charge is -2.09. The van der Waals surface area contributed by atoms with Crippen molar-refractivity contribution in [2.45, 2.75) is 24.5 Å². The number of amides is 1. The number of ether oxygens (including phenoxy) is 1. The Morgan fingerprint density at radius 1 is 1.44 bits per heavy atom. The first-order chi connectivity index (χ1) is 8.54. The Labute approximate surface area is 103 Å². The maximum atomic E-state index is 11.1. The van der Waals surface area contributed by atoms with Gasteiger partial charge in [0.15, 0.2) is 18.5 Å². The van der Waals surface area contributed by atoms with Crippen LogP contribution in [0.3, 0.4) is 0 Å². The van der Waals surface area contributed by atoms with Crippen LogP contribution >= 0.6 is 0 Å². The summed E-state index contributed by atoms with van der Waals surface area (Å²) in [4.78, 5) is 11.1. The molecule has 0 spiro atoms. The fraction of sp³-hybridized carbons (Fsp3) is 0.455. The van der Waals surface area contributed by atoms with Gasteiger partial charge in [0, 0.05) is 6.07 Å². The molecule has 98 valence electrons. The fourth-order valence-electron chi connectivity index (χ4n) is 1.92. The molecule has 1 amide bonds. The van der Waals surface area contributed by atoms with E-state index < -0.39 is 37.1 Å². The Morgan fingerprint density at radius 3 is 2.72 bits per heavy atom. The van der Waals surface area contributed by atoms with Gasteiger partial charge >= 0.3 is 0 Å². The number of primary amides is 1. The lowest BCUT2D eigenvalue weighted by Crippen LogP contribution is -2.46. The molecule has 0 radical (unpaired) electrons. The number of carbonyl (C=O) groups excluding carboxylic acids is 1. The number of aromatic nitrogens is 1. The molecule has 7 nitrogen and oxygen atoms in total. The normalized spacial score (nSPS) is 31.5. The number of hydrogen-bond acceptors (Lipinski definition) is 5. The van der Waals surface area contributed by atoms with Gasteiger partial charge < -0.3 is 25.8 Å². The van der Waals surface area contributed by atoms with E-state index in [1.165, 1.54) is 16.8 Å². The quantitative estimate of drug-likeness (QED) is 0.453. The van der Waals surface area contributed by atoms with Gasteiger partial charge in [-0.25, -0.2) is 0 Å². The molecule has 0 aliphatic carbocycles. The summed E-state index contributed by atoms with van der Waals surface area (Å²) in [7, 11) is 0. The molecule has 1 aliphatic rings. The molecular weight excluding hydrogens is 240 g/mol. The number of carbonyl (C=O) groups is 1. The van der Waals surface area contributed by atoms with Gasteiger partial charge in [0.25, 0.3) is 12.1 Å². The van der Waals surface area contributed by atoms with E-state index in [0.29, 0.717) is 0 Å². The number of pyridine rings is 1. The molecule has 1 saturated heterocycles. The Balaban J connectivity index is 2.27. The van der Waals surface area contributed by atoms with Crippen LogP contribution in [0.4, 0.5) is 0 Å². The molecule has 3 unspecified atom stereocenters. The van der Waals surface area contributed by atoms with Gasteiger partial charge in [-0.1, -0.05) is 0 Å². The van der Waals surface area contributed by atoms with Gasteiger partial charge in [-0.3, -0.25) is 4.79 Å². The molecule has 4 atom stereocenters. The molecule has 5 N–H and O–H groups in total. The summed E-state index contributed by atoms with van der Waals surface area (Å²) >= 11 is 0. The molecule has 18 heavy (non-hydrogen) atoms. The van der Waals surface area contributed by atoms with Gasteiger partial charge in [0.05, 0.1) is 6.61 Å². The standard InChI is InChI=1S/C11H14N2O5/c12-10(17)6-2-1-3-13(4-6)11-9(16)8(15)7(5-14)18-11/h1-4,7-9,11,14-16H,5H2,(H-,12,17)/p+1/t7-,8?,9?,11?/m1/s1. The van der Waals surface area contributed by atoms with E-state index >= 15 is 0 Å². The van der Waals surface area contributed by atoms with Gasteiger partial charge in [-0.15, -0.1) is 0 Å². The summed E-state index contributed by atoms with van der Waals surface area (Å²) in [6.45, 7) is -0.398. The summed E-state index contributed by atoms with van der Waals surface area (Å²) < 4.78 is 6.75. The first-order valence-electron chi connectivity index (χ1n) is 5.47. The number of rotatable bonds is 3. The molecule has 1 fully saturated rings. The number of nitrogens with zero attached hydrogens (tertiary/aromatic N) is 1. The minimum Gasteiger partial charge on any atom is -0.394 e. The predicted octanol–water partition coefficient (Wildman–Crippen LogP) is -2.32. The van der Waals surface area contributed by atoms with E-state index in [-0.39, 0.29) is 5.56 Å². The van der Waals surface area contributed by atoms with Crippen molar-refractivity contribution in [1.82, 2.24) is 0 Å². The lowest BCUT2D eigenvalue weighted by molar-refractivity contribution is -0.765. The van der Waals surface area contributed by atoms with E-state index in [2.05, 4.69) is 0 Å².